The first-order chi connectivity index (χ1) is 7.07. The van der Waals surface area contributed by atoms with Crippen molar-refractivity contribution < 1.29 is 0 Å². The molecule has 1 heterocycles. The van der Waals surface area contributed by atoms with E-state index in [1.165, 1.54) is 9.88 Å². The van der Waals surface area contributed by atoms with Crippen LogP contribution in [0.4, 0.5) is 0 Å². The topological polar surface area (TPSA) is 48.7 Å². The Kier molecular flexibility index (Phi) is 4.25. The first-order valence-electron chi connectivity index (χ1n) is 5.13. The summed E-state index contributed by atoms with van der Waals surface area (Å²) >= 11 is 1.73. The van der Waals surface area contributed by atoms with Gasteiger partial charge in [0, 0.05) is 24.2 Å². The van der Waals surface area contributed by atoms with Crippen molar-refractivity contribution in [2.24, 2.45) is 5.41 Å². The third-order valence-electron chi connectivity index (χ3n) is 2.07. The molecule has 0 saturated carbocycles. The van der Waals surface area contributed by atoms with Crippen LogP contribution < -0.4 is 5.32 Å². The standard InChI is InChI=1S/C11H17N3S/c1-4-10-14-6-9(15-10)5-13-8-11(2,3)7-12/h6,13H,4-5,8H2,1-3H3. The fourth-order valence-electron chi connectivity index (χ4n) is 1.13. The van der Waals surface area contributed by atoms with E-state index in [2.05, 4.69) is 23.3 Å². The molecule has 15 heavy (non-hydrogen) atoms. The number of thiazole rings is 1. The Labute approximate surface area is 95.2 Å². The molecule has 0 saturated heterocycles. The third kappa shape index (κ3) is 3.98. The van der Waals surface area contributed by atoms with E-state index in [0.29, 0.717) is 6.54 Å². The number of nitrogens with zero attached hydrogens (tertiary/aromatic N) is 2. The maximum Gasteiger partial charge on any atom is 0.0925 e. The van der Waals surface area contributed by atoms with Crippen molar-refractivity contribution in [1.29, 1.82) is 5.26 Å². The number of nitrogens with one attached hydrogen (secondary N) is 1. The van der Waals surface area contributed by atoms with Crippen molar-refractivity contribution in [3.63, 3.8) is 0 Å². The Morgan fingerprint density at radius 1 is 1.60 bits per heavy atom. The lowest BCUT2D eigenvalue weighted by Crippen LogP contribution is -2.27. The molecule has 0 aromatic carbocycles. The molecule has 1 rings (SSSR count). The van der Waals surface area contributed by atoms with Crippen LogP contribution in [0, 0.1) is 16.7 Å². The van der Waals surface area contributed by atoms with E-state index in [4.69, 9.17) is 5.26 Å². The van der Waals surface area contributed by atoms with Gasteiger partial charge in [-0.15, -0.1) is 11.3 Å². The van der Waals surface area contributed by atoms with E-state index in [1.54, 1.807) is 11.3 Å². The Morgan fingerprint density at radius 2 is 2.33 bits per heavy atom. The van der Waals surface area contributed by atoms with Gasteiger partial charge in [-0.05, 0) is 20.3 Å². The number of rotatable bonds is 5. The van der Waals surface area contributed by atoms with Gasteiger partial charge in [0.05, 0.1) is 16.5 Å². The minimum Gasteiger partial charge on any atom is -0.310 e. The quantitative estimate of drug-likeness (QED) is 0.833. The van der Waals surface area contributed by atoms with Gasteiger partial charge in [0.15, 0.2) is 0 Å². The first kappa shape index (κ1) is 12.2. The van der Waals surface area contributed by atoms with E-state index in [0.717, 1.165) is 13.0 Å². The predicted octanol–water partition coefficient (Wildman–Crippen LogP) is 2.34. The van der Waals surface area contributed by atoms with Gasteiger partial charge in [0.25, 0.3) is 0 Å². The van der Waals surface area contributed by atoms with Crippen LogP contribution in [-0.4, -0.2) is 11.5 Å². The molecule has 0 aliphatic heterocycles. The van der Waals surface area contributed by atoms with Crippen molar-refractivity contribution in [2.75, 3.05) is 6.54 Å². The van der Waals surface area contributed by atoms with Crippen LogP contribution in [0.1, 0.15) is 30.7 Å². The molecule has 82 valence electrons. The van der Waals surface area contributed by atoms with Gasteiger partial charge in [-0.1, -0.05) is 6.92 Å². The second-order valence-corrected chi connectivity index (χ2v) is 5.37. The molecule has 0 amide bonds. The highest BCUT2D eigenvalue weighted by Gasteiger charge is 2.15. The van der Waals surface area contributed by atoms with Crippen LogP contribution in [0.15, 0.2) is 6.20 Å². The van der Waals surface area contributed by atoms with Gasteiger partial charge < -0.3 is 5.32 Å². The lowest BCUT2D eigenvalue weighted by molar-refractivity contribution is 0.446. The van der Waals surface area contributed by atoms with Crippen LogP contribution >= 0.6 is 11.3 Å². The minimum atomic E-state index is -0.293. The maximum absolute atomic E-state index is 8.83. The molecular weight excluding hydrogens is 206 g/mol. The minimum absolute atomic E-state index is 0.293. The lowest BCUT2D eigenvalue weighted by atomic mass is 9.96. The van der Waals surface area contributed by atoms with Crippen LogP contribution in [-0.2, 0) is 13.0 Å². The highest BCUT2D eigenvalue weighted by molar-refractivity contribution is 7.11. The van der Waals surface area contributed by atoms with Crippen molar-refractivity contribution >= 4 is 11.3 Å². The van der Waals surface area contributed by atoms with Crippen LogP contribution in [0.3, 0.4) is 0 Å². The zero-order valence-corrected chi connectivity index (χ0v) is 10.3. The average Bonchev–Trinajstić information content (AvgIpc) is 2.66. The van der Waals surface area contributed by atoms with Gasteiger partial charge >= 0.3 is 0 Å². The zero-order chi connectivity index (χ0) is 11.3. The maximum atomic E-state index is 8.83. The largest absolute Gasteiger partial charge is 0.310 e. The second kappa shape index (κ2) is 5.24. The Morgan fingerprint density at radius 3 is 2.87 bits per heavy atom. The van der Waals surface area contributed by atoms with Crippen LogP contribution in [0.2, 0.25) is 0 Å². The molecule has 4 heteroatoms. The molecular formula is C11H17N3S. The second-order valence-electron chi connectivity index (χ2n) is 4.17. The summed E-state index contributed by atoms with van der Waals surface area (Å²) in [4.78, 5) is 5.52. The Bertz CT molecular complexity index is 349. The smallest absolute Gasteiger partial charge is 0.0925 e. The van der Waals surface area contributed by atoms with Crippen molar-refractivity contribution in [1.82, 2.24) is 10.3 Å². The van der Waals surface area contributed by atoms with Gasteiger partial charge in [-0.3, -0.25) is 0 Å². The summed E-state index contributed by atoms with van der Waals surface area (Å²) in [7, 11) is 0. The average molecular weight is 223 g/mol. The monoisotopic (exact) mass is 223 g/mol. The lowest BCUT2D eigenvalue weighted by Gasteiger charge is -2.14. The normalized spacial score (nSPS) is 11.3. The molecule has 1 aromatic heterocycles. The number of nitriles is 1. The molecule has 1 aromatic rings. The number of hydrogen-bond donors (Lipinski definition) is 1. The highest BCUT2D eigenvalue weighted by atomic mass is 32.1. The van der Waals surface area contributed by atoms with Crippen molar-refractivity contribution in [3.05, 3.63) is 16.1 Å². The van der Waals surface area contributed by atoms with E-state index in [-0.39, 0.29) is 5.41 Å². The summed E-state index contributed by atoms with van der Waals surface area (Å²) in [6.07, 6.45) is 2.91. The highest BCUT2D eigenvalue weighted by Crippen LogP contribution is 2.14. The van der Waals surface area contributed by atoms with Gasteiger partial charge in [0.2, 0.25) is 0 Å². The zero-order valence-electron chi connectivity index (χ0n) is 9.50. The molecule has 1 N–H and O–H groups in total. The molecule has 0 unspecified atom stereocenters. The fraction of sp³-hybridized carbons (Fsp3) is 0.636. The summed E-state index contributed by atoms with van der Waals surface area (Å²) in [5, 5.41) is 13.3. The van der Waals surface area contributed by atoms with Gasteiger partial charge in [-0.2, -0.15) is 5.26 Å². The number of aryl methyl sites for hydroxylation is 1. The molecule has 0 atom stereocenters. The van der Waals surface area contributed by atoms with E-state index < -0.39 is 0 Å². The summed E-state index contributed by atoms with van der Waals surface area (Å²) in [5.74, 6) is 0. The van der Waals surface area contributed by atoms with E-state index in [1.807, 2.05) is 20.0 Å². The molecule has 0 bridgehead atoms. The van der Waals surface area contributed by atoms with Crippen molar-refractivity contribution in [2.45, 2.75) is 33.7 Å². The number of hydrogen-bond acceptors (Lipinski definition) is 4. The SMILES string of the molecule is CCc1ncc(CNCC(C)(C)C#N)s1. The number of aromatic nitrogens is 1. The Hall–Kier alpha value is -0.920. The summed E-state index contributed by atoms with van der Waals surface area (Å²) < 4.78 is 0. The molecule has 3 nitrogen and oxygen atoms in total. The summed E-state index contributed by atoms with van der Waals surface area (Å²) in [6.45, 7) is 7.49. The van der Waals surface area contributed by atoms with Gasteiger partial charge in [0.1, 0.15) is 0 Å². The third-order valence-corrected chi connectivity index (χ3v) is 3.21. The molecule has 0 radical (unpaired) electrons. The molecule has 0 aliphatic rings. The molecule has 0 fully saturated rings. The Balaban J connectivity index is 2.35. The van der Waals surface area contributed by atoms with Crippen LogP contribution in [0.5, 0.6) is 0 Å². The van der Waals surface area contributed by atoms with Crippen molar-refractivity contribution in [3.8, 4) is 6.07 Å². The van der Waals surface area contributed by atoms with Gasteiger partial charge in [-0.25, -0.2) is 4.98 Å². The van der Waals surface area contributed by atoms with Crippen LogP contribution in [0.25, 0.3) is 0 Å². The molecule has 0 spiro atoms. The first-order valence-corrected chi connectivity index (χ1v) is 5.94. The summed E-state index contributed by atoms with van der Waals surface area (Å²) in [6, 6.07) is 2.27. The fourth-order valence-corrected chi connectivity index (χ4v) is 1.96. The van der Waals surface area contributed by atoms with E-state index in [9.17, 15) is 0 Å². The van der Waals surface area contributed by atoms with E-state index >= 15 is 0 Å². The predicted molar refractivity (Wildman–Crippen MR) is 62.6 cm³/mol. The summed E-state index contributed by atoms with van der Waals surface area (Å²) in [5.41, 5.74) is -0.293. The molecule has 0 aliphatic carbocycles.